The second kappa shape index (κ2) is 7.45. The number of nitrogens with one attached hydrogen (secondary N) is 1. The van der Waals surface area contributed by atoms with Gasteiger partial charge in [-0.2, -0.15) is 0 Å². The van der Waals surface area contributed by atoms with E-state index in [-0.39, 0.29) is 0 Å². The maximum atomic E-state index is 6.29. The molecule has 1 aliphatic carbocycles. The minimum Gasteiger partial charge on any atom is -0.314 e. The SMILES string of the molecule is Clc1ccc(Br)c([C@@H](C2CCCCC2)N2CCNCC2)c1. The van der Waals surface area contributed by atoms with Crippen LogP contribution in [0.3, 0.4) is 0 Å². The number of hydrogen-bond acceptors (Lipinski definition) is 2. The van der Waals surface area contributed by atoms with E-state index >= 15 is 0 Å². The van der Waals surface area contributed by atoms with E-state index in [2.05, 4.69) is 38.3 Å². The van der Waals surface area contributed by atoms with Crippen LogP contribution >= 0.6 is 27.5 Å². The normalized spacial score (nSPS) is 23.1. The molecule has 2 nitrogen and oxygen atoms in total. The summed E-state index contributed by atoms with van der Waals surface area (Å²) in [6, 6.07) is 6.77. The number of rotatable bonds is 3. The third kappa shape index (κ3) is 3.82. The van der Waals surface area contributed by atoms with E-state index in [0.29, 0.717) is 6.04 Å². The predicted molar refractivity (Wildman–Crippen MR) is 92.9 cm³/mol. The van der Waals surface area contributed by atoms with Crippen molar-refractivity contribution in [3.63, 3.8) is 0 Å². The van der Waals surface area contributed by atoms with Gasteiger partial charge in [-0.25, -0.2) is 0 Å². The van der Waals surface area contributed by atoms with Gasteiger partial charge < -0.3 is 5.32 Å². The fourth-order valence-electron chi connectivity index (χ4n) is 3.90. The lowest BCUT2D eigenvalue weighted by Crippen LogP contribution is -2.47. The van der Waals surface area contributed by atoms with Gasteiger partial charge in [0.15, 0.2) is 0 Å². The lowest BCUT2D eigenvalue weighted by molar-refractivity contribution is 0.103. The lowest BCUT2D eigenvalue weighted by atomic mass is 9.80. The molecule has 0 radical (unpaired) electrons. The van der Waals surface area contributed by atoms with Crippen molar-refractivity contribution in [2.24, 2.45) is 5.92 Å². The topological polar surface area (TPSA) is 15.3 Å². The van der Waals surface area contributed by atoms with E-state index in [1.165, 1.54) is 42.1 Å². The van der Waals surface area contributed by atoms with Crippen LogP contribution in [0, 0.1) is 5.92 Å². The third-order valence-electron chi connectivity index (χ3n) is 4.92. The molecule has 21 heavy (non-hydrogen) atoms. The summed E-state index contributed by atoms with van der Waals surface area (Å²) in [5, 5.41) is 4.32. The van der Waals surface area contributed by atoms with E-state index in [4.69, 9.17) is 11.6 Å². The van der Waals surface area contributed by atoms with Gasteiger partial charge in [-0.15, -0.1) is 0 Å². The van der Waals surface area contributed by atoms with Crippen LogP contribution in [0.4, 0.5) is 0 Å². The summed E-state index contributed by atoms with van der Waals surface area (Å²) in [5.74, 6) is 0.770. The molecule has 1 saturated heterocycles. The Bertz CT molecular complexity index is 450. The van der Waals surface area contributed by atoms with Gasteiger partial charge in [0.25, 0.3) is 0 Å². The van der Waals surface area contributed by atoms with Crippen LogP contribution in [0.1, 0.15) is 43.7 Å². The molecule has 1 aromatic rings. The fraction of sp³-hybridized carbons (Fsp3) is 0.647. The van der Waals surface area contributed by atoms with E-state index in [0.717, 1.165) is 37.1 Å². The second-order valence-corrected chi connectivity index (χ2v) is 7.59. The first-order valence-electron chi connectivity index (χ1n) is 8.15. The standard InChI is InChI=1S/C17H24BrClN2/c18-16-7-6-14(19)12-15(16)17(13-4-2-1-3-5-13)21-10-8-20-9-11-21/h6-7,12-13,17,20H,1-5,8-11H2/t17-/m1/s1. The van der Waals surface area contributed by atoms with Crippen LogP contribution in [0.2, 0.25) is 5.02 Å². The second-order valence-electron chi connectivity index (χ2n) is 6.29. The molecule has 4 heteroatoms. The Kier molecular flexibility index (Phi) is 5.60. The Morgan fingerprint density at radius 1 is 1.14 bits per heavy atom. The Labute approximate surface area is 141 Å². The fourth-order valence-corrected chi connectivity index (χ4v) is 4.56. The molecule has 0 aromatic heterocycles. The zero-order valence-electron chi connectivity index (χ0n) is 12.5. The van der Waals surface area contributed by atoms with Gasteiger partial charge in [0.2, 0.25) is 0 Å². The van der Waals surface area contributed by atoms with E-state index < -0.39 is 0 Å². The van der Waals surface area contributed by atoms with Crippen molar-refractivity contribution >= 4 is 27.5 Å². The first-order chi connectivity index (χ1) is 10.3. The highest BCUT2D eigenvalue weighted by Crippen LogP contribution is 2.41. The molecule has 1 aliphatic heterocycles. The molecule has 116 valence electrons. The molecule has 0 bridgehead atoms. The molecule has 3 rings (SSSR count). The molecule has 0 spiro atoms. The van der Waals surface area contributed by atoms with Crippen LogP contribution in [-0.2, 0) is 0 Å². The zero-order valence-corrected chi connectivity index (χ0v) is 14.8. The van der Waals surface area contributed by atoms with Gasteiger partial charge in [-0.05, 0) is 42.5 Å². The van der Waals surface area contributed by atoms with Gasteiger partial charge in [-0.1, -0.05) is 46.8 Å². The number of halogens is 2. The Balaban J connectivity index is 1.91. The number of nitrogens with zero attached hydrogens (tertiary/aromatic N) is 1. The van der Waals surface area contributed by atoms with Crippen molar-refractivity contribution < 1.29 is 0 Å². The first-order valence-corrected chi connectivity index (χ1v) is 9.32. The van der Waals surface area contributed by atoms with Gasteiger partial charge in [-0.3, -0.25) is 4.90 Å². The molecule has 1 N–H and O–H groups in total. The molecule has 1 atom stereocenters. The van der Waals surface area contributed by atoms with Gasteiger partial charge in [0.05, 0.1) is 0 Å². The van der Waals surface area contributed by atoms with Crippen LogP contribution < -0.4 is 5.32 Å². The molecule has 2 fully saturated rings. The summed E-state index contributed by atoms with van der Waals surface area (Å²) in [4.78, 5) is 2.67. The maximum Gasteiger partial charge on any atom is 0.0410 e. The van der Waals surface area contributed by atoms with Crippen molar-refractivity contribution in [2.45, 2.75) is 38.1 Å². The summed E-state index contributed by atoms with van der Waals surface area (Å²) in [5.41, 5.74) is 1.39. The summed E-state index contributed by atoms with van der Waals surface area (Å²) < 4.78 is 1.21. The molecular formula is C17H24BrClN2. The molecule has 1 saturated carbocycles. The summed E-state index contributed by atoms with van der Waals surface area (Å²) in [7, 11) is 0. The van der Waals surface area contributed by atoms with Gasteiger partial charge in [0, 0.05) is 41.7 Å². The smallest absolute Gasteiger partial charge is 0.0410 e. The number of piperazine rings is 1. The minimum absolute atomic E-state index is 0.514. The number of benzene rings is 1. The highest BCUT2D eigenvalue weighted by molar-refractivity contribution is 9.10. The van der Waals surface area contributed by atoms with Crippen molar-refractivity contribution in [1.29, 1.82) is 0 Å². The Hall–Kier alpha value is -0.0900. The molecular weight excluding hydrogens is 348 g/mol. The molecule has 0 unspecified atom stereocenters. The van der Waals surface area contributed by atoms with Gasteiger partial charge >= 0.3 is 0 Å². The van der Waals surface area contributed by atoms with Crippen LogP contribution in [0.5, 0.6) is 0 Å². The molecule has 1 heterocycles. The van der Waals surface area contributed by atoms with E-state index in [1.807, 2.05) is 6.07 Å². The van der Waals surface area contributed by atoms with Crippen LogP contribution in [-0.4, -0.2) is 31.1 Å². The quantitative estimate of drug-likeness (QED) is 0.833. The predicted octanol–water partition coefficient (Wildman–Crippen LogP) is 4.63. The number of hydrogen-bond donors (Lipinski definition) is 1. The first kappa shape index (κ1) is 15.8. The average Bonchev–Trinajstić information content (AvgIpc) is 2.53. The molecule has 0 amide bonds. The van der Waals surface area contributed by atoms with Crippen molar-refractivity contribution in [1.82, 2.24) is 10.2 Å². The van der Waals surface area contributed by atoms with Gasteiger partial charge in [0.1, 0.15) is 0 Å². The van der Waals surface area contributed by atoms with E-state index in [9.17, 15) is 0 Å². The third-order valence-corrected chi connectivity index (χ3v) is 5.88. The molecule has 2 aliphatic rings. The summed E-state index contributed by atoms with van der Waals surface area (Å²) in [6.07, 6.45) is 6.87. The maximum absolute atomic E-state index is 6.29. The highest BCUT2D eigenvalue weighted by atomic mass is 79.9. The summed E-state index contributed by atoms with van der Waals surface area (Å²) in [6.45, 7) is 4.48. The Morgan fingerprint density at radius 3 is 2.57 bits per heavy atom. The summed E-state index contributed by atoms with van der Waals surface area (Å²) >= 11 is 10.1. The highest BCUT2D eigenvalue weighted by Gasteiger charge is 2.32. The van der Waals surface area contributed by atoms with E-state index in [1.54, 1.807) is 0 Å². The van der Waals surface area contributed by atoms with Crippen LogP contribution in [0.15, 0.2) is 22.7 Å². The molecule has 1 aromatic carbocycles. The van der Waals surface area contributed by atoms with Crippen LogP contribution in [0.25, 0.3) is 0 Å². The van der Waals surface area contributed by atoms with Crippen molar-refractivity contribution in [3.05, 3.63) is 33.3 Å². The lowest BCUT2D eigenvalue weighted by Gasteiger charge is -2.41. The minimum atomic E-state index is 0.514. The Morgan fingerprint density at radius 2 is 1.86 bits per heavy atom. The largest absolute Gasteiger partial charge is 0.314 e. The van der Waals surface area contributed by atoms with Crippen molar-refractivity contribution in [3.8, 4) is 0 Å². The zero-order chi connectivity index (χ0) is 14.7. The monoisotopic (exact) mass is 370 g/mol. The van der Waals surface area contributed by atoms with Crippen molar-refractivity contribution in [2.75, 3.05) is 26.2 Å². The average molecular weight is 372 g/mol.